The maximum atomic E-state index is 13.1. The number of rotatable bonds is 6. The van der Waals surface area contributed by atoms with Gasteiger partial charge in [0, 0.05) is 37.3 Å². The summed E-state index contributed by atoms with van der Waals surface area (Å²) >= 11 is 0. The number of amides is 1. The van der Waals surface area contributed by atoms with Crippen molar-refractivity contribution in [2.75, 3.05) is 19.6 Å². The van der Waals surface area contributed by atoms with E-state index in [9.17, 15) is 9.18 Å². The van der Waals surface area contributed by atoms with Crippen LogP contribution in [0.3, 0.4) is 0 Å². The number of hydrogen-bond acceptors (Lipinski definition) is 3. The minimum absolute atomic E-state index is 0.0745. The minimum Gasteiger partial charge on any atom is -0.338 e. The molecule has 1 fully saturated rings. The largest absolute Gasteiger partial charge is 0.338 e. The topological polar surface area (TPSA) is 45.2 Å². The molecule has 132 valence electrons. The number of carbonyl (C=O) groups is 1. The summed E-state index contributed by atoms with van der Waals surface area (Å²) in [6.07, 6.45) is 4.25. The highest BCUT2D eigenvalue weighted by Crippen LogP contribution is 2.18. The van der Waals surface area contributed by atoms with Gasteiger partial charge in [-0.3, -0.25) is 9.78 Å². The Balaban J connectivity index is 1.69. The van der Waals surface area contributed by atoms with E-state index in [0.29, 0.717) is 13.1 Å². The van der Waals surface area contributed by atoms with E-state index >= 15 is 0 Å². The van der Waals surface area contributed by atoms with E-state index in [1.54, 1.807) is 18.3 Å². The predicted molar refractivity (Wildman–Crippen MR) is 95.4 cm³/mol. The van der Waals surface area contributed by atoms with Gasteiger partial charge in [-0.2, -0.15) is 0 Å². The number of piperidine rings is 1. The van der Waals surface area contributed by atoms with Gasteiger partial charge in [-0.15, -0.1) is 0 Å². The quantitative estimate of drug-likeness (QED) is 0.879. The lowest BCUT2D eigenvalue weighted by molar-refractivity contribution is -0.137. The van der Waals surface area contributed by atoms with Crippen LogP contribution in [0.4, 0.5) is 4.39 Å². The molecule has 0 bridgehead atoms. The molecule has 0 saturated carbocycles. The normalized spacial score (nSPS) is 15.1. The highest BCUT2D eigenvalue weighted by molar-refractivity contribution is 5.79. The average molecular weight is 341 g/mol. The second-order valence-electron chi connectivity index (χ2n) is 6.48. The SMILES string of the molecule is O=C(C1CCNCC1)N(CCc1ccccn1)Cc1ccc(F)cc1. The molecular formula is C20H24FN3O. The van der Waals surface area contributed by atoms with Gasteiger partial charge < -0.3 is 10.2 Å². The number of nitrogens with zero attached hydrogens (tertiary/aromatic N) is 2. The van der Waals surface area contributed by atoms with Crippen LogP contribution < -0.4 is 5.32 Å². The molecule has 0 atom stereocenters. The molecule has 5 heteroatoms. The fraction of sp³-hybridized carbons (Fsp3) is 0.400. The van der Waals surface area contributed by atoms with Gasteiger partial charge in [-0.1, -0.05) is 18.2 Å². The number of halogens is 1. The van der Waals surface area contributed by atoms with Crippen molar-refractivity contribution in [3.05, 3.63) is 65.7 Å². The maximum Gasteiger partial charge on any atom is 0.226 e. The summed E-state index contributed by atoms with van der Waals surface area (Å²) in [5, 5.41) is 3.30. The molecule has 1 aromatic heterocycles. The molecule has 1 aliphatic heterocycles. The molecule has 1 amide bonds. The standard InChI is InChI=1S/C20H24FN3O/c21-18-6-4-16(5-7-18)15-24(14-10-19-3-1-2-11-23-19)20(25)17-8-12-22-13-9-17/h1-7,11,17,22H,8-10,12-15H2. The van der Waals surface area contributed by atoms with Crippen molar-refractivity contribution in [2.45, 2.75) is 25.8 Å². The lowest BCUT2D eigenvalue weighted by Gasteiger charge is -2.30. The average Bonchev–Trinajstić information content (AvgIpc) is 2.67. The highest BCUT2D eigenvalue weighted by Gasteiger charge is 2.26. The van der Waals surface area contributed by atoms with Crippen molar-refractivity contribution < 1.29 is 9.18 Å². The van der Waals surface area contributed by atoms with Crippen molar-refractivity contribution >= 4 is 5.91 Å². The van der Waals surface area contributed by atoms with Gasteiger partial charge in [-0.05, 0) is 55.8 Å². The molecule has 1 saturated heterocycles. The van der Waals surface area contributed by atoms with E-state index in [1.165, 1.54) is 12.1 Å². The first-order valence-corrected chi connectivity index (χ1v) is 8.86. The minimum atomic E-state index is -0.256. The summed E-state index contributed by atoms with van der Waals surface area (Å²) in [5.41, 5.74) is 1.93. The van der Waals surface area contributed by atoms with Crippen LogP contribution in [0.1, 0.15) is 24.1 Å². The molecule has 0 unspecified atom stereocenters. The first-order valence-electron chi connectivity index (χ1n) is 8.86. The molecule has 1 aliphatic rings. The number of pyridine rings is 1. The molecular weight excluding hydrogens is 317 g/mol. The summed E-state index contributed by atoms with van der Waals surface area (Å²) < 4.78 is 13.1. The molecule has 1 aromatic carbocycles. The molecule has 2 heterocycles. The molecule has 25 heavy (non-hydrogen) atoms. The summed E-state index contributed by atoms with van der Waals surface area (Å²) in [5.74, 6) is 0.0145. The molecule has 2 aromatic rings. The monoisotopic (exact) mass is 341 g/mol. The number of carbonyl (C=O) groups excluding carboxylic acids is 1. The van der Waals surface area contributed by atoms with Crippen LogP contribution in [0, 0.1) is 11.7 Å². The van der Waals surface area contributed by atoms with Gasteiger partial charge in [0.05, 0.1) is 0 Å². The van der Waals surface area contributed by atoms with Gasteiger partial charge in [-0.25, -0.2) is 4.39 Å². The van der Waals surface area contributed by atoms with Crippen LogP contribution in [0.25, 0.3) is 0 Å². The lowest BCUT2D eigenvalue weighted by Crippen LogP contribution is -2.41. The molecule has 0 radical (unpaired) electrons. The van der Waals surface area contributed by atoms with E-state index in [0.717, 1.165) is 43.6 Å². The Morgan fingerprint density at radius 2 is 1.92 bits per heavy atom. The van der Waals surface area contributed by atoms with Gasteiger partial charge in [0.15, 0.2) is 0 Å². The van der Waals surface area contributed by atoms with Crippen molar-refractivity contribution in [3.63, 3.8) is 0 Å². The second kappa shape index (κ2) is 8.72. The zero-order chi connectivity index (χ0) is 17.5. The smallest absolute Gasteiger partial charge is 0.226 e. The van der Waals surface area contributed by atoms with Crippen LogP contribution in [-0.2, 0) is 17.8 Å². The fourth-order valence-electron chi connectivity index (χ4n) is 3.20. The molecule has 0 aliphatic carbocycles. The van der Waals surface area contributed by atoms with Crippen molar-refractivity contribution in [1.82, 2.24) is 15.2 Å². The Labute approximate surface area is 148 Å². The zero-order valence-corrected chi connectivity index (χ0v) is 14.3. The molecule has 0 spiro atoms. The number of benzene rings is 1. The zero-order valence-electron chi connectivity index (χ0n) is 14.3. The van der Waals surface area contributed by atoms with Crippen LogP contribution >= 0.6 is 0 Å². The number of nitrogens with one attached hydrogen (secondary N) is 1. The molecule has 4 nitrogen and oxygen atoms in total. The summed E-state index contributed by atoms with van der Waals surface area (Å²) in [4.78, 5) is 19.2. The fourth-order valence-corrected chi connectivity index (χ4v) is 3.20. The summed E-state index contributed by atoms with van der Waals surface area (Å²) in [6, 6.07) is 12.2. The number of hydrogen-bond donors (Lipinski definition) is 1. The summed E-state index contributed by atoms with van der Waals surface area (Å²) in [6.45, 7) is 2.91. The Hall–Kier alpha value is -2.27. The van der Waals surface area contributed by atoms with E-state index in [-0.39, 0.29) is 17.6 Å². The van der Waals surface area contributed by atoms with Crippen LogP contribution in [0.5, 0.6) is 0 Å². The van der Waals surface area contributed by atoms with Crippen LogP contribution in [-0.4, -0.2) is 35.4 Å². The van der Waals surface area contributed by atoms with Crippen molar-refractivity contribution in [1.29, 1.82) is 0 Å². The summed E-state index contributed by atoms with van der Waals surface area (Å²) in [7, 11) is 0. The van der Waals surface area contributed by atoms with E-state index < -0.39 is 0 Å². The van der Waals surface area contributed by atoms with Crippen LogP contribution in [0.15, 0.2) is 48.7 Å². The van der Waals surface area contributed by atoms with Crippen LogP contribution in [0.2, 0.25) is 0 Å². The predicted octanol–water partition coefficient (Wildman–Crippen LogP) is 2.79. The highest BCUT2D eigenvalue weighted by atomic mass is 19.1. The van der Waals surface area contributed by atoms with Gasteiger partial charge in [0.2, 0.25) is 5.91 Å². The Morgan fingerprint density at radius 3 is 2.60 bits per heavy atom. The third-order valence-electron chi connectivity index (χ3n) is 4.65. The second-order valence-corrected chi connectivity index (χ2v) is 6.48. The third kappa shape index (κ3) is 5.10. The Kier molecular flexibility index (Phi) is 6.12. The molecule has 3 rings (SSSR count). The van der Waals surface area contributed by atoms with Crippen molar-refractivity contribution in [3.8, 4) is 0 Å². The number of aromatic nitrogens is 1. The maximum absolute atomic E-state index is 13.1. The first-order chi connectivity index (χ1) is 12.2. The van der Waals surface area contributed by atoms with Crippen molar-refractivity contribution in [2.24, 2.45) is 5.92 Å². The third-order valence-corrected chi connectivity index (χ3v) is 4.65. The lowest BCUT2D eigenvalue weighted by atomic mass is 9.96. The van der Waals surface area contributed by atoms with E-state index in [4.69, 9.17) is 0 Å². The molecule has 1 N–H and O–H groups in total. The van der Waals surface area contributed by atoms with E-state index in [1.807, 2.05) is 23.1 Å². The Bertz CT molecular complexity index is 669. The van der Waals surface area contributed by atoms with Gasteiger partial charge >= 0.3 is 0 Å². The van der Waals surface area contributed by atoms with Gasteiger partial charge in [0.1, 0.15) is 5.82 Å². The Morgan fingerprint density at radius 1 is 1.16 bits per heavy atom. The van der Waals surface area contributed by atoms with Gasteiger partial charge in [0.25, 0.3) is 0 Å². The first kappa shape index (κ1) is 17.5. The van der Waals surface area contributed by atoms with E-state index in [2.05, 4.69) is 10.3 Å².